The molecule has 0 aromatic heterocycles. The van der Waals surface area contributed by atoms with Crippen molar-refractivity contribution in [2.45, 2.75) is 0 Å². The predicted octanol–water partition coefficient (Wildman–Crippen LogP) is 4.22. The molecule has 0 amide bonds. The Labute approximate surface area is 118 Å². The Hall–Kier alpha value is -1.62. The van der Waals surface area contributed by atoms with Crippen LogP contribution in [-0.4, -0.2) is 13.2 Å². The molecule has 0 fully saturated rings. The molecule has 2 rings (SSSR count). The van der Waals surface area contributed by atoms with Gasteiger partial charge in [0.1, 0.15) is 24.0 Å². The van der Waals surface area contributed by atoms with E-state index in [9.17, 15) is 8.78 Å². The fourth-order valence-electron chi connectivity index (χ4n) is 1.52. The normalized spacial score (nSPS) is 10.3. The molecule has 0 aliphatic carbocycles. The Morgan fingerprint density at radius 3 is 2.47 bits per heavy atom. The van der Waals surface area contributed by atoms with Crippen molar-refractivity contribution in [2.75, 3.05) is 18.5 Å². The third-order valence-corrected chi connectivity index (χ3v) is 2.96. The summed E-state index contributed by atoms with van der Waals surface area (Å²) in [5, 5.41) is 2.85. The maximum absolute atomic E-state index is 13.3. The zero-order valence-corrected chi connectivity index (χ0v) is 11.6. The minimum atomic E-state index is -0.608. The summed E-state index contributed by atoms with van der Waals surface area (Å²) in [6.07, 6.45) is 0. The van der Waals surface area contributed by atoms with E-state index >= 15 is 0 Å². The molecule has 2 aromatic carbocycles. The van der Waals surface area contributed by atoms with Crippen LogP contribution in [0, 0.1) is 11.6 Å². The molecule has 5 heteroatoms. The number of anilines is 1. The zero-order valence-electron chi connectivity index (χ0n) is 10.00. The van der Waals surface area contributed by atoms with Crippen LogP contribution in [0.4, 0.5) is 14.5 Å². The highest BCUT2D eigenvalue weighted by atomic mass is 79.9. The van der Waals surface area contributed by atoms with Crippen LogP contribution in [-0.2, 0) is 0 Å². The lowest BCUT2D eigenvalue weighted by atomic mass is 10.3. The zero-order chi connectivity index (χ0) is 13.7. The van der Waals surface area contributed by atoms with E-state index in [4.69, 9.17) is 4.74 Å². The molecule has 0 unspecified atom stereocenters. The molecule has 0 aliphatic rings. The van der Waals surface area contributed by atoms with Crippen LogP contribution < -0.4 is 10.1 Å². The lowest BCUT2D eigenvalue weighted by Gasteiger charge is -2.09. The number of rotatable bonds is 5. The standard InChI is InChI=1S/C14H12BrF2NO/c15-10-1-4-12(5-2-10)19-8-7-18-14-6-3-11(16)9-13(14)17/h1-6,9,18H,7-8H2. The largest absolute Gasteiger partial charge is 0.492 e. The van der Waals surface area contributed by atoms with Gasteiger partial charge >= 0.3 is 0 Å². The van der Waals surface area contributed by atoms with E-state index in [0.717, 1.165) is 16.3 Å². The number of nitrogens with one attached hydrogen (secondary N) is 1. The SMILES string of the molecule is Fc1ccc(NCCOc2ccc(Br)cc2)c(F)c1. The molecular weight excluding hydrogens is 316 g/mol. The molecule has 0 saturated carbocycles. The molecule has 0 radical (unpaired) electrons. The van der Waals surface area contributed by atoms with E-state index in [2.05, 4.69) is 21.2 Å². The van der Waals surface area contributed by atoms with Gasteiger partial charge in [0, 0.05) is 17.1 Å². The third-order valence-electron chi connectivity index (χ3n) is 2.43. The van der Waals surface area contributed by atoms with Gasteiger partial charge in [-0.25, -0.2) is 8.78 Å². The van der Waals surface area contributed by atoms with Gasteiger partial charge in [-0.3, -0.25) is 0 Å². The summed E-state index contributed by atoms with van der Waals surface area (Å²) in [6, 6.07) is 10.8. The van der Waals surface area contributed by atoms with E-state index < -0.39 is 11.6 Å². The first-order valence-electron chi connectivity index (χ1n) is 5.72. The minimum absolute atomic E-state index is 0.265. The second-order valence-corrected chi connectivity index (χ2v) is 4.77. The second-order valence-electron chi connectivity index (χ2n) is 3.85. The van der Waals surface area contributed by atoms with Crippen molar-refractivity contribution >= 4 is 21.6 Å². The molecule has 2 aromatic rings. The first-order valence-corrected chi connectivity index (χ1v) is 6.52. The van der Waals surface area contributed by atoms with Gasteiger partial charge in [-0.15, -0.1) is 0 Å². The molecule has 0 heterocycles. The van der Waals surface area contributed by atoms with Crippen molar-refractivity contribution in [3.63, 3.8) is 0 Å². The van der Waals surface area contributed by atoms with Crippen LogP contribution in [0.3, 0.4) is 0 Å². The molecule has 0 spiro atoms. The van der Waals surface area contributed by atoms with Crippen molar-refractivity contribution < 1.29 is 13.5 Å². The van der Waals surface area contributed by atoms with Crippen LogP contribution in [0.15, 0.2) is 46.9 Å². The average Bonchev–Trinajstić information content (AvgIpc) is 2.39. The summed E-state index contributed by atoms with van der Waals surface area (Å²) in [4.78, 5) is 0. The van der Waals surface area contributed by atoms with Crippen molar-refractivity contribution in [2.24, 2.45) is 0 Å². The molecule has 2 nitrogen and oxygen atoms in total. The van der Waals surface area contributed by atoms with E-state index in [1.54, 1.807) is 0 Å². The number of benzene rings is 2. The van der Waals surface area contributed by atoms with Crippen LogP contribution >= 0.6 is 15.9 Å². The molecular formula is C14H12BrF2NO. The quantitative estimate of drug-likeness (QED) is 0.830. The van der Waals surface area contributed by atoms with Gasteiger partial charge in [-0.1, -0.05) is 15.9 Å². The minimum Gasteiger partial charge on any atom is -0.492 e. The monoisotopic (exact) mass is 327 g/mol. The molecule has 0 atom stereocenters. The van der Waals surface area contributed by atoms with Crippen molar-refractivity contribution in [1.29, 1.82) is 0 Å². The molecule has 0 bridgehead atoms. The van der Waals surface area contributed by atoms with Gasteiger partial charge in [-0.2, -0.15) is 0 Å². The van der Waals surface area contributed by atoms with Crippen molar-refractivity contribution in [1.82, 2.24) is 0 Å². The summed E-state index contributed by atoms with van der Waals surface area (Å²) in [5.41, 5.74) is 0.265. The van der Waals surface area contributed by atoms with Gasteiger partial charge in [0.2, 0.25) is 0 Å². The Balaban J connectivity index is 1.79. The number of ether oxygens (including phenoxy) is 1. The van der Waals surface area contributed by atoms with Gasteiger partial charge in [-0.05, 0) is 36.4 Å². The summed E-state index contributed by atoms with van der Waals surface area (Å²) in [6.45, 7) is 0.817. The van der Waals surface area contributed by atoms with Crippen LogP contribution in [0.5, 0.6) is 5.75 Å². The average molecular weight is 328 g/mol. The number of halogens is 3. The van der Waals surface area contributed by atoms with E-state index in [0.29, 0.717) is 13.2 Å². The molecule has 19 heavy (non-hydrogen) atoms. The Morgan fingerprint density at radius 2 is 1.79 bits per heavy atom. The third kappa shape index (κ3) is 4.21. The second kappa shape index (κ2) is 6.52. The lowest BCUT2D eigenvalue weighted by molar-refractivity contribution is 0.332. The number of hydrogen-bond acceptors (Lipinski definition) is 2. The first kappa shape index (κ1) is 13.8. The van der Waals surface area contributed by atoms with E-state index in [1.807, 2.05) is 24.3 Å². The van der Waals surface area contributed by atoms with Crippen LogP contribution in [0.1, 0.15) is 0 Å². The maximum atomic E-state index is 13.3. The van der Waals surface area contributed by atoms with E-state index in [1.165, 1.54) is 12.1 Å². The highest BCUT2D eigenvalue weighted by Crippen LogP contribution is 2.17. The van der Waals surface area contributed by atoms with Crippen molar-refractivity contribution in [3.8, 4) is 5.75 Å². The number of hydrogen-bond donors (Lipinski definition) is 1. The molecule has 100 valence electrons. The summed E-state index contributed by atoms with van der Waals surface area (Å²) in [5.74, 6) is -0.456. The molecule has 1 N–H and O–H groups in total. The van der Waals surface area contributed by atoms with Gasteiger partial charge in [0.05, 0.1) is 5.69 Å². The lowest BCUT2D eigenvalue weighted by Crippen LogP contribution is -2.12. The van der Waals surface area contributed by atoms with Gasteiger partial charge in [0.25, 0.3) is 0 Å². The highest BCUT2D eigenvalue weighted by Gasteiger charge is 2.02. The Morgan fingerprint density at radius 1 is 1.05 bits per heavy atom. The summed E-state index contributed by atoms with van der Waals surface area (Å²) >= 11 is 3.33. The van der Waals surface area contributed by atoms with Crippen LogP contribution in [0.25, 0.3) is 0 Å². The molecule has 0 saturated heterocycles. The first-order chi connectivity index (χ1) is 9.15. The maximum Gasteiger partial charge on any atom is 0.149 e. The molecule has 0 aliphatic heterocycles. The highest BCUT2D eigenvalue weighted by molar-refractivity contribution is 9.10. The van der Waals surface area contributed by atoms with Gasteiger partial charge in [0.15, 0.2) is 0 Å². The summed E-state index contributed by atoms with van der Waals surface area (Å²) < 4.78 is 32.4. The fraction of sp³-hybridized carbons (Fsp3) is 0.143. The van der Waals surface area contributed by atoms with E-state index in [-0.39, 0.29) is 5.69 Å². The Bertz CT molecular complexity index is 546. The fourth-order valence-corrected chi connectivity index (χ4v) is 1.78. The smallest absolute Gasteiger partial charge is 0.149 e. The Kier molecular flexibility index (Phi) is 4.74. The van der Waals surface area contributed by atoms with Crippen LogP contribution in [0.2, 0.25) is 0 Å². The predicted molar refractivity (Wildman–Crippen MR) is 74.5 cm³/mol. The van der Waals surface area contributed by atoms with Crippen molar-refractivity contribution in [3.05, 3.63) is 58.6 Å². The van der Waals surface area contributed by atoms with Gasteiger partial charge < -0.3 is 10.1 Å². The topological polar surface area (TPSA) is 21.3 Å². The summed E-state index contributed by atoms with van der Waals surface area (Å²) in [7, 11) is 0.